The highest BCUT2D eigenvalue weighted by atomic mass is 19.4. The first-order valence-electron chi connectivity index (χ1n) is 10.8. The number of nitrogens with one attached hydrogen (secondary N) is 2. The first-order valence-corrected chi connectivity index (χ1v) is 10.8. The number of hydrogen-bond acceptors (Lipinski definition) is 6. The molecule has 2 N–H and O–H groups in total. The standard InChI is InChI=1S/C24H19F3N6O3/c1-35-9-10-36-21-8-7-20-28-19(13-33(20)32-21)22(34)31-23-29-17-6-5-15(12-18(17)30-23)14-3-2-4-16(11-14)24(25,26)27/h2-8,11-13H,9-10H2,1H3,(H2,29,30,31,34). The summed E-state index contributed by atoms with van der Waals surface area (Å²) in [6.07, 6.45) is -2.97. The number of aromatic amines is 1. The van der Waals surface area contributed by atoms with Crippen molar-refractivity contribution in [3.05, 3.63) is 72.1 Å². The topological polar surface area (TPSA) is 106 Å². The van der Waals surface area contributed by atoms with E-state index < -0.39 is 17.6 Å². The Labute approximate surface area is 201 Å². The number of H-pyrrole nitrogens is 1. The number of nitrogens with zero attached hydrogens (tertiary/aromatic N) is 4. The van der Waals surface area contributed by atoms with E-state index in [4.69, 9.17) is 9.47 Å². The molecule has 184 valence electrons. The molecule has 0 aliphatic heterocycles. The molecule has 0 atom stereocenters. The SMILES string of the molecule is COCCOc1ccc2nc(C(=O)Nc3nc4ccc(-c5cccc(C(F)(F)F)c5)cc4[nH]3)cn2n1. The van der Waals surface area contributed by atoms with Gasteiger partial charge in [-0.25, -0.2) is 14.5 Å². The molecule has 0 spiro atoms. The zero-order valence-electron chi connectivity index (χ0n) is 18.8. The third kappa shape index (κ3) is 4.84. The second-order valence-electron chi connectivity index (χ2n) is 7.79. The Hall–Kier alpha value is -4.45. The number of alkyl halides is 3. The lowest BCUT2D eigenvalue weighted by atomic mass is 10.0. The van der Waals surface area contributed by atoms with Crippen molar-refractivity contribution in [3.63, 3.8) is 0 Å². The number of aromatic nitrogens is 5. The van der Waals surface area contributed by atoms with Gasteiger partial charge in [-0.3, -0.25) is 10.1 Å². The number of fused-ring (bicyclic) bond motifs is 2. The van der Waals surface area contributed by atoms with Crippen LogP contribution in [0, 0.1) is 0 Å². The lowest BCUT2D eigenvalue weighted by molar-refractivity contribution is -0.137. The maximum Gasteiger partial charge on any atom is 0.416 e. The fraction of sp³-hybridized carbons (Fsp3) is 0.167. The quantitative estimate of drug-likeness (QED) is 0.320. The molecule has 0 bridgehead atoms. The van der Waals surface area contributed by atoms with Crippen LogP contribution in [0.3, 0.4) is 0 Å². The highest BCUT2D eigenvalue weighted by molar-refractivity contribution is 6.03. The van der Waals surface area contributed by atoms with Gasteiger partial charge in [0.2, 0.25) is 11.8 Å². The van der Waals surface area contributed by atoms with Crippen molar-refractivity contribution in [3.8, 4) is 17.0 Å². The van der Waals surface area contributed by atoms with Crippen LogP contribution in [0.1, 0.15) is 16.1 Å². The number of hydrogen-bond donors (Lipinski definition) is 2. The molecule has 1 amide bonds. The van der Waals surface area contributed by atoms with E-state index in [0.29, 0.717) is 46.9 Å². The first-order chi connectivity index (χ1) is 17.3. The minimum atomic E-state index is -4.43. The molecule has 0 aliphatic rings. The van der Waals surface area contributed by atoms with Gasteiger partial charge in [0, 0.05) is 13.2 Å². The van der Waals surface area contributed by atoms with Crippen LogP contribution in [0.4, 0.5) is 19.1 Å². The molecule has 12 heteroatoms. The van der Waals surface area contributed by atoms with E-state index in [1.165, 1.54) is 16.8 Å². The summed E-state index contributed by atoms with van der Waals surface area (Å²) in [7, 11) is 1.57. The molecule has 9 nitrogen and oxygen atoms in total. The lowest BCUT2D eigenvalue weighted by Crippen LogP contribution is -2.13. The third-order valence-corrected chi connectivity index (χ3v) is 5.30. The van der Waals surface area contributed by atoms with Crippen LogP contribution in [0.5, 0.6) is 5.88 Å². The van der Waals surface area contributed by atoms with Crippen LogP contribution in [0.15, 0.2) is 60.8 Å². The van der Waals surface area contributed by atoms with Gasteiger partial charge in [0.1, 0.15) is 12.3 Å². The van der Waals surface area contributed by atoms with Crippen molar-refractivity contribution >= 4 is 28.5 Å². The second kappa shape index (κ2) is 9.30. The van der Waals surface area contributed by atoms with Crippen LogP contribution in [0.25, 0.3) is 27.8 Å². The number of anilines is 1. The number of carbonyl (C=O) groups is 1. The molecule has 5 aromatic rings. The van der Waals surface area contributed by atoms with Gasteiger partial charge in [0.25, 0.3) is 5.91 Å². The van der Waals surface area contributed by atoms with Gasteiger partial charge in [0.15, 0.2) is 5.65 Å². The second-order valence-corrected chi connectivity index (χ2v) is 7.79. The Kier molecular flexibility index (Phi) is 6.02. The average Bonchev–Trinajstić information content (AvgIpc) is 3.46. The van der Waals surface area contributed by atoms with E-state index in [-0.39, 0.29) is 11.6 Å². The van der Waals surface area contributed by atoms with Gasteiger partial charge in [-0.2, -0.15) is 13.2 Å². The fourth-order valence-corrected chi connectivity index (χ4v) is 3.58. The molecule has 0 saturated heterocycles. The summed E-state index contributed by atoms with van der Waals surface area (Å²) >= 11 is 0. The molecule has 3 heterocycles. The Morgan fingerprint density at radius 1 is 1.06 bits per heavy atom. The molecule has 2 aromatic carbocycles. The molecular weight excluding hydrogens is 477 g/mol. The molecular formula is C24H19F3N6O3. The van der Waals surface area contributed by atoms with Crippen molar-refractivity contribution in [2.24, 2.45) is 0 Å². The molecule has 36 heavy (non-hydrogen) atoms. The van der Waals surface area contributed by atoms with E-state index in [1.54, 1.807) is 43.5 Å². The Bertz CT molecular complexity index is 1560. The van der Waals surface area contributed by atoms with Crippen LogP contribution < -0.4 is 10.1 Å². The van der Waals surface area contributed by atoms with Gasteiger partial charge in [-0.1, -0.05) is 18.2 Å². The summed E-state index contributed by atoms with van der Waals surface area (Å²) in [5.41, 5.74) is 1.91. The summed E-state index contributed by atoms with van der Waals surface area (Å²) in [4.78, 5) is 24.3. The van der Waals surface area contributed by atoms with E-state index in [0.717, 1.165) is 12.1 Å². The van der Waals surface area contributed by atoms with E-state index >= 15 is 0 Å². The fourth-order valence-electron chi connectivity index (χ4n) is 3.58. The van der Waals surface area contributed by atoms with Crippen molar-refractivity contribution < 1.29 is 27.4 Å². The number of benzene rings is 2. The molecule has 0 unspecified atom stereocenters. The average molecular weight is 496 g/mol. The minimum absolute atomic E-state index is 0.113. The number of rotatable bonds is 7. The molecule has 0 aliphatic carbocycles. The van der Waals surface area contributed by atoms with E-state index in [2.05, 4.69) is 25.4 Å². The molecule has 0 saturated carbocycles. The summed E-state index contributed by atoms with van der Waals surface area (Å²) in [5.74, 6) is 0.0158. The van der Waals surface area contributed by atoms with Gasteiger partial charge < -0.3 is 14.5 Å². The normalized spacial score (nSPS) is 11.8. The highest BCUT2D eigenvalue weighted by Gasteiger charge is 2.30. The Balaban J connectivity index is 1.34. The number of ether oxygens (including phenoxy) is 2. The van der Waals surface area contributed by atoms with Crippen molar-refractivity contribution in [1.82, 2.24) is 24.6 Å². The number of amides is 1. The molecule has 5 rings (SSSR count). The summed E-state index contributed by atoms with van der Waals surface area (Å²) in [5, 5.41) is 6.90. The third-order valence-electron chi connectivity index (χ3n) is 5.30. The predicted molar refractivity (Wildman–Crippen MR) is 125 cm³/mol. The number of imidazole rings is 2. The van der Waals surface area contributed by atoms with Crippen molar-refractivity contribution in [2.75, 3.05) is 25.6 Å². The largest absolute Gasteiger partial charge is 0.474 e. The van der Waals surface area contributed by atoms with E-state index in [9.17, 15) is 18.0 Å². The van der Waals surface area contributed by atoms with Crippen LogP contribution in [-0.2, 0) is 10.9 Å². The maximum atomic E-state index is 13.1. The maximum absolute atomic E-state index is 13.1. The Morgan fingerprint density at radius 3 is 2.69 bits per heavy atom. The summed E-state index contributed by atoms with van der Waals surface area (Å²) in [6, 6.07) is 13.4. The Morgan fingerprint density at radius 2 is 1.89 bits per heavy atom. The van der Waals surface area contributed by atoms with Crippen molar-refractivity contribution in [2.45, 2.75) is 6.18 Å². The first kappa shape index (κ1) is 23.3. The number of halogens is 3. The highest BCUT2D eigenvalue weighted by Crippen LogP contribution is 2.33. The van der Waals surface area contributed by atoms with Crippen LogP contribution in [-0.4, -0.2) is 50.8 Å². The van der Waals surface area contributed by atoms with Gasteiger partial charge in [-0.15, -0.1) is 5.10 Å². The summed E-state index contributed by atoms with van der Waals surface area (Å²) < 4.78 is 51.0. The van der Waals surface area contributed by atoms with Gasteiger partial charge >= 0.3 is 6.18 Å². The lowest BCUT2D eigenvalue weighted by Gasteiger charge is -2.08. The number of carbonyl (C=O) groups excluding carboxylic acids is 1. The van der Waals surface area contributed by atoms with Crippen LogP contribution in [0.2, 0.25) is 0 Å². The zero-order valence-corrected chi connectivity index (χ0v) is 18.8. The summed E-state index contributed by atoms with van der Waals surface area (Å²) in [6.45, 7) is 0.745. The smallest absolute Gasteiger partial charge is 0.416 e. The van der Waals surface area contributed by atoms with Crippen molar-refractivity contribution in [1.29, 1.82) is 0 Å². The monoisotopic (exact) mass is 496 g/mol. The number of methoxy groups -OCH3 is 1. The molecule has 0 fully saturated rings. The minimum Gasteiger partial charge on any atom is -0.474 e. The predicted octanol–water partition coefficient (Wildman–Crippen LogP) is 4.57. The van der Waals surface area contributed by atoms with Gasteiger partial charge in [0.05, 0.1) is 29.4 Å². The van der Waals surface area contributed by atoms with Gasteiger partial charge in [-0.05, 0) is 41.5 Å². The molecule has 3 aromatic heterocycles. The molecule has 0 radical (unpaired) electrons. The van der Waals surface area contributed by atoms with E-state index in [1.807, 2.05) is 0 Å². The zero-order chi connectivity index (χ0) is 25.3. The van der Waals surface area contributed by atoms with Crippen LogP contribution >= 0.6 is 0 Å².